The van der Waals surface area contributed by atoms with E-state index >= 15 is 0 Å². The highest BCUT2D eigenvalue weighted by molar-refractivity contribution is 5.82. The first-order valence-electron chi connectivity index (χ1n) is 5.96. The van der Waals surface area contributed by atoms with E-state index in [2.05, 4.69) is 5.32 Å². The number of carbonyl (C=O) groups is 3. The van der Waals surface area contributed by atoms with Crippen molar-refractivity contribution in [2.24, 2.45) is 0 Å². The van der Waals surface area contributed by atoms with E-state index in [1.54, 1.807) is 17.2 Å². The number of nitrogens with one attached hydrogen (secondary N) is 1. The zero-order valence-electron chi connectivity index (χ0n) is 10.4. The fourth-order valence-corrected chi connectivity index (χ4v) is 1.81. The molecule has 0 saturated carbocycles. The number of aliphatic carboxylic acids is 1. The van der Waals surface area contributed by atoms with E-state index in [1.807, 2.05) is 0 Å². The van der Waals surface area contributed by atoms with Crippen LogP contribution in [0.25, 0.3) is 0 Å². The highest BCUT2D eigenvalue weighted by Crippen LogP contribution is 2.09. The van der Waals surface area contributed by atoms with Gasteiger partial charge in [-0.15, -0.1) is 0 Å². The SMILES string of the molecule is CC(=O)NC(CCCCN1C=CCC1=O)C(=O)O. The molecule has 100 valence electrons. The van der Waals surface area contributed by atoms with Gasteiger partial charge in [-0.1, -0.05) is 6.08 Å². The molecule has 6 heteroatoms. The molecule has 1 unspecified atom stereocenters. The summed E-state index contributed by atoms with van der Waals surface area (Å²) in [6.45, 7) is 1.89. The van der Waals surface area contributed by atoms with Crippen molar-refractivity contribution in [3.8, 4) is 0 Å². The minimum atomic E-state index is -1.03. The lowest BCUT2D eigenvalue weighted by Gasteiger charge is -2.15. The Morgan fingerprint density at radius 3 is 2.72 bits per heavy atom. The van der Waals surface area contributed by atoms with E-state index in [0.717, 1.165) is 6.42 Å². The van der Waals surface area contributed by atoms with Crippen molar-refractivity contribution in [1.29, 1.82) is 0 Å². The predicted octanol–water partition coefficient (Wildman–Crippen LogP) is 0.492. The van der Waals surface area contributed by atoms with Crippen molar-refractivity contribution in [2.45, 2.75) is 38.6 Å². The fraction of sp³-hybridized carbons (Fsp3) is 0.583. The standard InChI is InChI=1S/C12H18N2O4/c1-9(15)13-10(12(17)18)5-2-3-7-14-8-4-6-11(14)16/h4,8,10H,2-3,5-7H2,1H3,(H,13,15)(H,17,18). The van der Waals surface area contributed by atoms with Crippen LogP contribution in [-0.4, -0.2) is 40.4 Å². The van der Waals surface area contributed by atoms with Crippen LogP contribution in [0.3, 0.4) is 0 Å². The average molecular weight is 254 g/mol. The maximum Gasteiger partial charge on any atom is 0.326 e. The van der Waals surface area contributed by atoms with Crippen LogP contribution in [0.15, 0.2) is 12.3 Å². The molecule has 1 aliphatic heterocycles. The van der Waals surface area contributed by atoms with E-state index in [9.17, 15) is 14.4 Å². The van der Waals surface area contributed by atoms with Crippen LogP contribution in [0.4, 0.5) is 0 Å². The minimum absolute atomic E-state index is 0.0756. The Hall–Kier alpha value is -1.85. The first-order valence-corrected chi connectivity index (χ1v) is 5.96. The second kappa shape index (κ2) is 6.78. The summed E-state index contributed by atoms with van der Waals surface area (Å²) in [6, 6.07) is -0.840. The van der Waals surface area contributed by atoms with Gasteiger partial charge in [-0.05, 0) is 19.3 Å². The second-order valence-electron chi connectivity index (χ2n) is 4.26. The van der Waals surface area contributed by atoms with Crippen molar-refractivity contribution in [3.05, 3.63) is 12.3 Å². The van der Waals surface area contributed by atoms with Gasteiger partial charge in [-0.2, -0.15) is 0 Å². The number of unbranched alkanes of at least 4 members (excludes halogenated alkanes) is 1. The molecule has 0 aromatic carbocycles. The van der Waals surface area contributed by atoms with E-state index in [4.69, 9.17) is 5.11 Å². The van der Waals surface area contributed by atoms with Crippen molar-refractivity contribution in [2.75, 3.05) is 6.54 Å². The molecule has 2 amide bonds. The summed E-state index contributed by atoms with van der Waals surface area (Å²) in [4.78, 5) is 34.6. The zero-order chi connectivity index (χ0) is 13.5. The molecular formula is C12H18N2O4. The van der Waals surface area contributed by atoms with Gasteiger partial charge in [0, 0.05) is 26.1 Å². The maximum absolute atomic E-state index is 11.3. The van der Waals surface area contributed by atoms with Crippen molar-refractivity contribution < 1.29 is 19.5 Å². The third kappa shape index (κ3) is 4.57. The first kappa shape index (κ1) is 14.2. The van der Waals surface area contributed by atoms with Gasteiger partial charge < -0.3 is 15.3 Å². The number of nitrogens with zero attached hydrogens (tertiary/aromatic N) is 1. The summed E-state index contributed by atoms with van der Waals surface area (Å²) in [7, 11) is 0. The van der Waals surface area contributed by atoms with Crippen LogP contribution in [-0.2, 0) is 14.4 Å². The van der Waals surface area contributed by atoms with Gasteiger partial charge in [-0.3, -0.25) is 9.59 Å². The van der Waals surface area contributed by atoms with Gasteiger partial charge >= 0.3 is 5.97 Å². The van der Waals surface area contributed by atoms with Gasteiger partial charge in [0.1, 0.15) is 6.04 Å². The molecule has 0 saturated heterocycles. The van der Waals surface area contributed by atoms with Crippen molar-refractivity contribution in [1.82, 2.24) is 10.2 Å². The van der Waals surface area contributed by atoms with Gasteiger partial charge in [-0.25, -0.2) is 4.79 Å². The molecule has 0 radical (unpaired) electrons. The molecule has 18 heavy (non-hydrogen) atoms. The number of hydrogen-bond acceptors (Lipinski definition) is 3. The highest BCUT2D eigenvalue weighted by Gasteiger charge is 2.18. The van der Waals surface area contributed by atoms with Gasteiger partial charge in [0.2, 0.25) is 11.8 Å². The fourth-order valence-electron chi connectivity index (χ4n) is 1.81. The van der Waals surface area contributed by atoms with Crippen LogP contribution in [0, 0.1) is 0 Å². The average Bonchev–Trinajstić information content (AvgIpc) is 2.68. The third-order valence-electron chi connectivity index (χ3n) is 2.72. The number of carboxylic acid groups (broad SMARTS) is 1. The molecule has 0 fully saturated rings. The molecule has 1 rings (SSSR count). The topological polar surface area (TPSA) is 86.7 Å². The van der Waals surface area contributed by atoms with Crippen molar-refractivity contribution >= 4 is 17.8 Å². The Morgan fingerprint density at radius 1 is 1.50 bits per heavy atom. The Bertz CT molecular complexity index is 365. The third-order valence-corrected chi connectivity index (χ3v) is 2.72. The molecule has 0 aliphatic carbocycles. The monoisotopic (exact) mass is 254 g/mol. The minimum Gasteiger partial charge on any atom is -0.480 e. The quantitative estimate of drug-likeness (QED) is 0.647. The highest BCUT2D eigenvalue weighted by atomic mass is 16.4. The lowest BCUT2D eigenvalue weighted by atomic mass is 10.1. The molecule has 2 N–H and O–H groups in total. The van der Waals surface area contributed by atoms with Gasteiger partial charge in [0.05, 0.1) is 0 Å². The van der Waals surface area contributed by atoms with Crippen molar-refractivity contribution in [3.63, 3.8) is 0 Å². The Balaban J connectivity index is 2.22. The van der Waals surface area contributed by atoms with E-state index in [1.165, 1.54) is 6.92 Å². The first-order chi connectivity index (χ1) is 8.50. The molecule has 0 aromatic heterocycles. The summed E-state index contributed by atoms with van der Waals surface area (Å²) in [5, 5.41) is 11.3. The number of amides is 2. The number of hydrogen-bond donors (Lipinski definition) is 2. The van der Waals surface area contributed by atoms with Gasteiger partial charge in [0.15, 0.2) is 0 Å². The summed E-state index contributed by atoms with van der Waals surface area (Å²) in [6.07, 6.45) is 5.75. The maximum atomic E-state index is 11.3. The van der Waals surface area contributed by atoms with E-state index in [0.29, 0.717) is 25.8 Å². The van der Waals surface area contributed by atoms with Crippen LogP contribution in [0.1, 0.15) is 32.6 Å². The summed E-state index contributed by atoms with van der Waals surface area (Å²) >= 11 is 0. The molecule has 0 bridgehead atoms. The zero-order valence-corrected chi connectivity index (χ0v) is 10.4. The summed E-state index contributed by atoms with van der Waals surface area (Å²) < 4.78 is 0. The summed E-state index contributed by atoms with van der Waals surface area (Å²) in [5.74, 6) is -1.30. The molecule has 6 nitrogen and oxygen atoms in total. The summed E-state index contributed by atoms with van der Waals surface area (Å²) in [5.41, 5.74) is 0. The predicted molar refractivity (Wildman–Crippen MR) is 64.6 cm³/mol. The normalized spacial score (nSPS) is 15.8. The van der Waals surface area contributed by atoms with Crippen LogP contribution >= 0.6 is 0 Å². The lowest BCUT2D eigenvalue weighted by Crippen LogP contribution is -2.39. The smallest absolute Gasteiger partial charge is 0.326 e. The Labute approximate surface area is 106 Å². The molecule has 1 aliphatic rings. The number of carbonyl (C=O) groups excluding carboxylic acids is 2. The van der Waals surface area contributed by atoms with E-state index in [-0.39, 0.29) is 11.8 Å². The molecular weight excluding hydrogens is 236 g/mol. The number of rotatable bonds is 7. The molecule has 1 atom stereocenters. The molecule has 0 aromatic rings. The van der Waals surface area contributed by atoms with Gasteiger partial charge in [0.25, 0.3) is 0 Å². The largest absolute Gasteiger partial charge is 0.480 e. The Morgan fingerprint density at radius 2 is 2.22 bits per heavy atom. The molecule has 1 heterocycles. The number of carboxylic acids is 1. The Kier molecular flexibility index (Phi) is 5.35. The second-order valence-corrected chi connectivity index (χ2v) is 4.26. The molecule has 0 spiro atoms. The van der Waals surface area contributed by atoms with Crippen LogP contribution < -0.4 is 5.32 Å². The van der Waals surface area contributed by atoms with E-state index < -0.39 is 12.0 Å². The lowest BCUT2D eigenvalue weighted by molar-refractivity contribution is -0.141. The van der Waals surface area contributed by atoms with Crippen LogP contribution in [0.2, 0.25) is 0 Å². The van der Waals surface area contributed by atoms with Crippen LogP contribution in [0.5, 0.6) is 0 Å².